The number of halogens is 1. The van der Waals surface area contributed by atoms with Crippen LogP contribution in [-0.2, 0) is 14.5 Å². The van der Waals surface area contributed by atoms with Crippen LogP contribution in [0.15, 0.2) is 30.5 Å². The van der Waals surface area contributed by atoms with Gasteiger partial charge >= 0.3 is 0 Å². The van der Waals surface area contributed by atoms with Crippen LogP contribution in [0.4, 0.5) is 5.69 Å². The normalized spacial score (nSPS) is 33.2. The lowest BCUT2D eigenvalue weighted by Crippen LogP contribution is -2.55. The highest BCUT2D eigenvalue weighted by molar-refractivity contribution is 6.31. The Kier molecular flexibility index (Phi) is 6.93. The summed E-state index contributed by atoms with van der Waals surface area (Å²) < 4.78 is 6.35. The van der Waals surface area contributed by atoms with E-state index in [0.29, 0.717) is 24.7 Å². The van der Waals surface area contributed by atoms with Crippen LogP contribution in [0.2, 0.25) is 5.02 Å². The molecule has 0 atom stereocenters. The summed E-state index contributed by atoms with van der Waals surface area (Å²) in [6.45, 7) is 0.696. The highest BCUT2D eigenvalue weighted by Gasteiger charge is 2.48. The fourth-order valence-corrected chi connectivity index (χ4v) is 6.72. The van der Waals surface area contributed by atoms with E-state index in [4.69, 9.17) is 26.1 Å². The molecule has 4 aliphatic rings. The van der Waals surface area contributed by atoms with E-state index >= 15 is 0 Å². The van der Waals surface area contributed by atoms with E-state index in [9.17, 15) is 0 Å². The SMILES string of the molecule is Clc1ccc2c(N[C@H]3CC[C@H](NC4CCC5(CC4)OCC4(CCCCC4)OO5)CC3)ccnc2c1. The molecule has 2 N–H and O–H groups in total. The highest BCUT2D eigenvalue weighted by Crippen LogP contribution is 2.43. The number of fused-ring (bicyclic) bond motifs is 1. The summed E-state index contributed by atoms with van der Waals surface area (Å²) in [5.41, 5.74) is 1.92. The fraction of sp³-hybridized carbons (Fsp3) is 0.679. The number of nitrogens with one attached hydrogen (secondary N) is 2. The molecule has 6 nitrogen and oxygen atoms in total. The molecule has 1 aliphatic heterocycles. The van der Waals surface area contributed by atoms with Crippen LogP contribution in [0.25, 0.3) is 10.9 Å². The molecule has 3 saturated carbocycles. The van der Waals surface area contributed by atoms with E-state index in [-0.39, 0.29) is 5.60 Å². The van der Waals surface area contributed by atoms with Gasteiger partial charge in [0.15, 0.2) is 0 Å². The largest absolute Gasteiger partial charge is 0.382 e. The van der Waals surface area contributed by atoms with Crippen molar-refractivity contribution in [3.05, 3.63) is 35.5 Å². The Balaban J connectivity index is 0.955. The molecule has 0 amide bonds. The number of pyridine rings is 1. The molecule has 0 radical (unpaired) electrons. The van der Waals surface area contributed by atoms with Gasteiger partial charge in [-0.25, -0.2) is 9.78 Å². The molecular formula is C28H38ClN3O3. The first-order chi connectivity index (χ1) is 17.1. The molecule has 1 aromatic carbocycles. The van der Waals surface area contributed by atoms with Crippen molar-refractivity contribution in [3.8, 4) is 0 Å². The van der Waals surface area contributed by atoms with Crippen molar-refractivity contribution in [1.82, 2.24) is 10.3 Å². The Morgan fingerprint density at radius 1 is 0.829 bits per heavy atom. The Hall–Kier alpha value is -1.44. The molecule has 35 heavy (non-hydrogen) atoms. The zero-order chi connectivity index (χ0) is 23.7. The Morgan fingerprint density at radius 2 is 1.57 bits per heavy atom. The highest BCUT2D eigenvalue weighted by atomic mass is 35.5. The third-order valence-electron chi connectivity index (χ3n) is 8.74. The number of rotatable bonds is 4. The molecule has 7 heteroatoms. The third kappa shape index (κ3) is 5.33. The summed E-state index contributed by atoms with van der Waals surface area (Å²) in [5.74, 6) is -0.514. The third-order valence-corrected chi connectivity index (χ3v) is 8.98. The van der Waals surface area contributed by atoms with E-state index in [1.165, 1.54) is 44.9 Å². The molecular weight excluding hydrogens is 462 g/mol. The fourth-order valence-electron chi connectivity index (χ4n) is 6.56. The van der Waals surface area contributed by atoms with E-state index in [1.807, 2.05) is 18.3 Å². The molecule has 2 spiro atoms. The molecule has 3 aliphatic carbocycles. The quantitative estimate of drug-likeness (QED) is 0.467. The maximum Gasteiger partial charge on any atom is 0.201 e. The number of nitrogens with zero attached hydrogens (tertiary/aromatic N) is 1. The number of ether oxygens (including phenoxy) is 1. The van der Waals surface area contributed by atoms with Gasteiger partial charge in [0.25, 0.3) is 0 Å². The van der Waals surface area contributed by atoms with Gasteiger partial charge in [0.1, 0.15) is 5.60 Å². The first-order valence-corrected chi connectivity index (χ1v) is 14.1. The van der Waals surface area contributed by atoms with E-state index in [2.05, 4.69) is 27.8 Å². The van der Waals surface area contributed by atoms with Crippen molar-refractivity contribution in [2.24, 2.45) is 0 Å². The number of anilines is 1. The molecule has 1 saturated heterocycles. The smallest absolute Gasteiger partial charge is 0.201 e. The van der Waals surface area contributed by atoms with Crippen LogP contribution in [-0.4, -0.2) is 41.1 Å². The summed E-state index contributed by atoms with van der Waals surface area (Å²) in [6.07, 6.45) is 16.5. The van der Waals surface area contributed by atoms with Gasteiger partial charge in [-0.1, -0.05) is 30.9 Å². The van der Waals surface area contributed by atoms with Crippen molar-refractivity contribution < 1.29 is 14.5 Å². The molecule has 2 heterocycles. The van der Waals surface area contributed by atoms with Crippen molar-refractivity contribution in [1.29, 1.82) is 0 Å². The molecule has 6 rings (SSSR count). The first-order valence-electron chi connectivity index (χ1n) is 13.7. The summed E-state index contributed by atoms with van der Waals surface area (Å²) in [4.78, 5) is 16.5. The summed E-state index contributed by atoms with van der Waals surface area (Å²) >= 11 is 6.14. The van der Waals surface area contributed by atoms with Gasteiger partial charge < -0.3 is 15.4 Å². The van der Waals surface area contributed by atoms with Crippen LogP contribution in [0.3, 0.4) is 0 Å². The Labute approximate surface area is 213 Å². The van der Waals surface area contributed by atoms with Gasteiger partial charge in [-0.3, -0.25) is 4.98 Å². The van der Waals surface area contributed by atoms with E-state index in [1.54, 1.807) is 0 Å². The predicted molar refractivity (Wildman–Crippen MR) is 138 cm³/mol. The Bertz CT molecular complexity index is 1000. The van der Waals surface area contributed by atoms with E-state index in [0.717, 1.165) is 60.1 Å². The second-order valence-corrected chi connectivity index (χ2v) is 11.7. The lowest BCUT2D eigenvalue weighted by atomic mass is 9.84. The van der Waals surface area contributed by atoms with Crippen molar-refractivity contribution in [3.63, 3.8) is 0 Å². The zero-order valence-electron chi connectivity index (χ0n) is 20.6. The minimum absolute atomic E-state index is 0.180. The molecule has 190 valence electrons. The lowest BCUT2D eigenvalue weighted by molar-refractivity contribution is -0.520. The van der Waals surface area contributed by atoms with Crippen LogP contribution in [0.1, 0.15) is 83.5 Å². The van der Waals surface area contributed by atoms with Gasteiger partial charge in [0.05, 0.1) is 12.1 Å². The van der Waals surface area contributed by atoms with Gasteiger partial charge in [0.2, 0.25) is 5.79 Å². The van der Waals surface area contributed by atoms with Gasteiger partial charge in [-0.05, 0) is 75.6 Å². The van der Waals surface area contributed by atoms with Crippen molar-refractivity contribution >= 4 is 28.2 Å². The molecule has 0 bridgehead atoms. The molecule has 2 aromatic rings. The van der Waals surface area contributed by atoms with E-state index < -0.39 is 5.79 Å². The number of aromatic nitrogens is 1. The van der Waals surface area contributed by atoms with Crippen molar-refractivity contribution in [2.45, 2.75) is 113 Å². The number of benzene rings is 1. The Morgan fingerprint density at radius 3 is 2.31 bits per heavy atom. The molecule has 1 aromatic heterocycles. The zero-order valence-corrected chi connectivity index (χ0v) is 21.3. The average molecular weight is 500 g/mol. The summed E-state index contributed by atoms with van der Waals surface area (Å²) in [5, 5.41) is 9.59. The second-order valence-electron chi connectivity index (χ2n) is 11.3. The maximum absolute atomic E-state index is 6.35. The minimum atomic E-state index is -0.514. The van der Waals surface area contributed by atoms with Crippen LogP contribution in [0, 0.1) is 0 Å². The van der Waals surface area contributed by atoms with Crippen LogP contribution in [0.5, 0.6) is 0 Å². The van der Waals surface area contributed by atoms with Gasteiger partial charge in [-0.2, -0.15) is 0 Å². The second kappa shape index (κ2) is 10.1. The monoisotopic (exact) mass is 499 g/mol. The van der Waals surface area contributed by atoms with Gasteiger partial charge in [-0.15, -0.1) is 0 Å². The van der Waals surface area contributed by atoms with Crippen molar-refractivity contribution in [2.75, 3.05) is 11.9 Å². The maximum atomic E-state index is 6.35. The van der Waals surface area contributed by atoms with Gasteiger partial charge in [0, 0.05) is 53.3 Å². The average Bonchev–Trinajstić information content (AvgIpc) is 2.89. The summed E-state index contributed by atoms with van der Waals surface area (Å²) in [7, 11) is 0. The van der Waals surface area contributed by atoms with Crippen LogP contribution >= 0.6 is 11.6 Å². The standard InChI is InChI=1S/C28H38ClN3O3/c29-20-4-9-24-25(12-17-30-26(24)18-20)32-22-7-5-21(6-8-22)31-23-10-15-28(16-11-23)33-19-27(34-35-28)13-2-1-3-14-27/h4,9,12,17-18,21-23,31H,1-3,5-8,10-11,13-16,19H2,(H,30,32)/t21-,22-,23?,28?. The van der Waals surface area contributed by atoms with Crippen LogP contribution < -0.4 is 10.6 Å². The minimum Gasteiger partial charge on any atom is -0.382 e. The number of hydrogen-bond donors (Lipinski definition) is 2. The number of hydrogen-bond acceptors (Lipinski definition) is 6. The summed E-state index contributed by atoms with van der Waals surface area (Å²) in [6, 6.07) is 9.65. The topological polar surface area (TPSA) is 64.6 Å². The first kappa shape index (κ1) is 23.9. The predicted octanol–water partition coefficient (Wildman–Crippen LogP) is 6.52. The molecule has 0 unspecified atom stereocenters. The lowest BCUT2D eigenvalue weighted by Gasteiger charge is -2.48. The molecule has 4 fully saturated rings.